The highest BCUT2D eigenvalue weighted by Gasteiger charge is 2.33. The minimum atomic E-state index is -4.80. The van der Waals surface area contributed by atoms with Crippen molar-refractivity contribution in [3.05, 3.63) is 63.3 Å². The summed E-state index contributed by atoms with van der Waals surface area (Å²) in [6.45, 7) is 1.27. The van der Waals surface area contributed by atoms with Crippen molar-refractivity contribution in [2.24, 2.45) is 0 Å². The minimum Gasteiger partial charge on any atom is -0.302 e. The van der Waals surface area contributed by atoms with E-state index in [0.29, 0.717) is 6.07 Å². The first-order valence-corrected chi connectivity index (χ1v) is 6.52. The fourth-order valence-corrected chi connectivity index (χ4v) is 2.00. The monoisotopic (exact) mass is 348 g/mol. The summed E-state index contributed by atoms with van der Waals surface area (Å²) in [5.41, 5.74) is -4.11. The van der Waals surface area contributed by atoms with Gasteiger partial charge in [0.05, 0.1) is 11.3 Å². The second-order valence-corrected chi connectivity index (χ2v) is 4.90. The van der Waals surface area contributed by atoms with Crippen molar-refractivity contribution in [1.82, 2.24) is 9.97 Å². The lowest BCUT2D eigenvalue weighted by Gasteiger charge is -2.11. The molecule has 1 aromatic heterocycles. The molecule has 0 fully saturated rings. The molecule has 0 aliphatic heterocycles. The van der Waals surface area contributed by atoms with Crippen LogP contribution < -0.4 is 5.69 Å². The van der Waals surface area contributed by atoms with Crippen molar-refractivity contribution in [1.29, 1.82) is 0 Å². The number of H-pyrrole nitrogens is 1. The van der Waals surface area contributed by atoms with Gasteiger partial charge in [0.25, 0.3) is 0 Å². The topological polar surface area (TPSA) is 45.8 Å². The molecule has 3 nitrogen and oxygen atoms in total. The van der Waals surface area contributed by atoms with Crippen LogP contribution >= 0.6 is 0 Å². The Morgan fingerprint density at radius 3 is 2.29 bits per heavy atom. The number of aromatic amines is 1. The van der Waals surface area contributed by atoms with Crippen LogP contribution in [-0.4, -0.2) is 9.97 Å². The fourth-order valence-electron chi connectivity index (χ4n) is 2.00. The average molecular weight is 348 g/mol. The second-order valence-electron chi connectivity index (χ2n) is 4.90. The van der Waals surface area contributed by atoms with Gasteiger partial charge in [-0.15, -0.1) is 0 Å². The van der Waals surface area contributed by atoms with Crippen molar-refractivity contribution in [3.63, 3.8) is 0 Å². The van der Waals surface area contributed by atoms with Gasteiger partial charge in [0.2, 0.25) is 0 Å². The van der Waals surface area contributed by atoms with E-state index in [4.69, 9.17) is 0 Å². The summed E-state index contributed by atoms with van der Waals surface area (Å²) in [6.07, 6.45) is -8.39. The summed E-state index contributed by atoms with van der Waals surface area (Å²) < 4.78 is 76.9. The van der Waals surface area contributed by atoms with Gasteiger partial charge in [0.15, 0.2) is 0 Å². The van der Waals surface area contributed by atoms with E-state index in [0.717, 1.165) is 12.1 Å². The van der Waals surface area contributed by atoms with Gasteiger partial charge in [-0.05, 0) is 36.3 Å². The third kappa shape index (κ3) is 4.03. The Morgan fingerprint density at radius 2 is 1.71 bits per heavy atom. The Balaban J connectivity index is 2.54. The zero-order valence-electron chi connectivity index (χ0n) is 12.1. The lowest BCUT2D eigenvalue weighted by atomic mass is 10.0. The molecule has 24 heavy (non-hydrogen) atoms. The Hall–Kier alpha value is -2.58. The molecular formula is C15H10F6N2O. The maximum absolute atomic E-state index is 12.9. The molecule has 0 unspecified atom stereocenters. The van der Waals surface area contributed by atoms with Crippen molar-refractivity contribution in [2.75, 3.05) is 0 Å². The number of allylic oxidation sites excluding steroid dienone is 1. The number of hydrogen-bond donors (Lipinski definition) is 1. The normalized spacial score (nSPS) is 13.2. The summed E-state index contributed by atoms with van der Waals surface area (Å²) >= 11 is 0. The first-order chi connectivity index (χ1) is 11.0. The molecule has 128 valence electrons. The zero-order valence-corrected chi connectivity index (χ0v) is 12.1. The van der Waals surface area contributed by atoms with E-state index in [1.165, 1.54) is 25.1 Å². The zero-order chi connectivity index (χ0) is 18.1. The molecule has 1 heterocycles. The number of rotatable bonds is 2. The number of halogens is 6. The molecule has 9 heteroatoms. The number of alkyl halides is 6. The highest BCUT2D eigenvalue weighted by Crippen LogP contribution is 2.34. The van der Waals surface area contributed by atoms with E-state index in [1.807, 2.05) is 0 Å². The fraction of sp³-hybridized carbons (Fsp3) is 0.200. The van der Waals surface area contributed by atoms with E-state index in [-0.39, 0.29) is 16.8 Å². The SMILES string of the molecule is C/C(=C\c1ccccc1C(F)(F)F)c1cc(C(F)(F)F)[nH]c(=O)n1. The predicted octanol–water partition coefficient (Wildman–Crippen LogP) is 4.37. The van der Waals surface area contributed by atoms with Gasteiger partial charge < -0.3 is 4.98 Å². The van der Waals surface area contributed by atoms with Crippen LogP contribution in [0.25, 0.3) is 11.6 Å². The maximum Gasteiger partial charge on any atom is 0.431 e. The number of nitrogens with zero attached hydrogens (tertiary/aromatic N) is 1. The van der Waals surface area contributed by atoms with Gasteiger partial charge in [-0.3, -0.25) is 0 Å². The van der Waals surface area contributed by atoms with Crippen LogP contribution in [0, 0.1) is 0 Å². The quantitative estimate of drug-likeness (QED) is 0.820. The van der Waals surface area contributed by atoms with Crippen LogP contribution in [0.2, 0.25) is 0 Å². The number of hydrogen-bond acceptors (Lipinski definition) is 2. The molecule has 0 saturated heterocycles. The first-order valence-electron chi connectivity index (χ1n) is 6.52. The van der Waals surface area contributed by atoms with Gasteiger partial charge in [-0.1, -0.05) is 18.2 Å². The first kappa shape index (κ1) is 17.8. The number of aromatic nitrogens is 2. The predicted molar refractivity (Wildman–Crippen MR) is 74.8 cm³/mol. The van der Waals surface area contributed by atoms with E-state index in [2.05, 4.69) is 4.98 Å². The van der Waals surface area contributed by atoms with Crippen LogP contribution in [0.4, 0.5) is 26.3 Å². The van der Waals surface area contributed by atoms with E-state index >= 15 is 0 Å². The van der Waals surface area contributed by atoms with Crippen molar-refractivity contribution in [2.45, 2.75) is 19.3 Å². The Labute approximate surface area is 131 Å². The van der Waals surface area contributed by atoms with Gasteiger partial charge >= 0.3 is 18.0 Å². The smallest absolute Gasteiger partial charge is 0.302 e. The summed E-state index contributed by atoms with van der Waals surface area (Å²) in [7, 11) is 0. The highest BCUT2D eigenvalue weighted by molar-refractivity contribution is 5.79. The summed E-state index contributed by atoms with van der Waals surface area (Å²) in [6, 6.07) is 5.16. The maximum atomic E-state index is 12.9. The van der Waals surface area contributed by atoms with Crippen molar-refractivity contribution >= 4 is 11.6 Å². The molecule has 0 bridgehead atoms. The summed E-state index contributed by atoms with van der Waals surface area (Å²) in [5.74, 6) is 0. The molecule has 2 rings (SSSR count). The van der Waals surface area contributed by atoms with Crippen LogP contribution in [0.5, 0.6) is 0 Å². The minimum absolute atomic E-state index is 0.0108. The van der Waals surface area contributed by atoms with Crippen LogP contribution in [-0.2, 0) is 12.4 Å². The molecule has 0 spiro atoms. The molecule has 2 aromatic rings. The molecule has 1 aromatic carbocycles. The van der Waals surface area contributed by atoms with E-state index in [9.17, 15) is 31.1 Å². The van der Waals surface area contributed by atoms with Crippen LogP contribution in [0.3, 0.4) is 0 Å². The van der Waals surface area contributed by atoms with Crippen molar-refractivity contribution in [3.8, 4) is 0 Å². The van der Waals surface area contributed by atoms with Gasteiger partial charge in [-0.25, -0.2) is 4.79 Å². The number of nitrogens with one attached hydrogen (secondary N) is 1. The van der Waals surface area contributed by atoms with E-state index < -0.39 is 29.3 Å². The van der Waals surface area contributed by atoms with Crippen molar-refractivity contribution < 1.29 is 26.3 Å². The molecule has 0 aliphatic carbocycles. The lowest BCUT2D eigenvalue weighted by molar-refractivity contribution is -0.141. The highest BCUT2D eigenvalue weighted by atomic mass is 19.4. The Kier molecular flexibility index (Phi) is 4.54. The van der Waals surface area contributed by atoms with Crippen LogP contribution in [0.15, 0.2) is 35.1 Å². The molecular weight excluding hydrogens is 338 g/mol. The van der Waals surface area contributed by atoms with Gasteiger partial charge in [-0.2, -0.15) is 31.3 Å². The molecule has 1 N–H and O–H groups in total. The Bertz CT molecular complexity index is 833. The molecule has 0 atom stereocenters. The number of benzene rings is 1. The third-order valence-electron chi connectivity index (χ3n) is 3.09. The second kappa shape index (κ2) is 6.14. The lowest BCUT2D eigenvalue weighted by Crippen LogP contribution is -2.20. The van der Waals surface area contributed by atoms with Crippen LogP contribution in [0.1, 0.15) is 29.4 Å². The van der Waals surface area contributed by atoms with Gasteiger partial charge in [0.1, 0.15) is 5.69 Å². The van der Waals surface area contributed by atoms with Gasteiger partial charge in [0, 0.05) is 0 Å². The average Bonchev–Trinajstić information content (AvgIpc) is 2.45. The third-order valence-corrected chi connectivity index (χ3v) is 3.09. The van der Waals surface area contributed by atoms with E-state index in [1.54, 1.807) is 4.98 Å². The summed E-state index contributed by atoms with van der Waals surface area (Å²) in [4.78, 5) is 16.2. The molecule has 0 saturated carbocycles. The largest absolute Gasteiger partial charge is 0.431 e. The Morgan fingerprint density at radius 1 is 1.08 bits per heavy atom. The molecule has 0 radical (unpaired) electrons. The summed E-state index contributed by atoms with van der Waals surface area (Å²) in [5, 5.41) is 0. The molecule has 0 amide bonds. The standard InChI is InChI=1S/C15H10F6N2O/c1-8(6-9-4-2-3-5-10(9)14(16,17)18)11-7-12(15(19,20)21)23-13(24)22-11/h2-7H,1H3,(H,22,23,24)/b8-6+. The molecule has 0 aliphatic rings.